The van der Waals surface area contributed by atoms with Crippen molar-refractivity contribution in [2.24, 2.45) is 10.3 Å². The number of hydrogen-bond acceptors (Lipinski definition) is 8. The molecule has 14 heteroatoms. The minimum atomic E-state index is -4.11. The van der Waals surface area contributed by atoms with E-state index in [2.05, 4.69) is 9.97 Å². The Labute approximate surface area is 197 Å². The topological polar surface area (TPSA) is 165 Å². The Hall–Kier alpha value is -1.38. The Balaban J connectivity index is 2.26. The molecule has 0 amide bonds. The van der Waals surface area contributed by atoms with Crippen LogP contribution in [0.5, 0.6) is 0 Å². The second-order valence-corrected chi connectivity index (χ2v) is 11.5. The van der Waals surface area contributed by atoms with Crippen molar-refractivity contribution in [2.45, 2.75) is 36.1 Å². The summed E-state index contributed by atoms with van der Waals surface area (Å²) in [6.07, 6.45) is 0.494. The first kappa shape index (κ1) is 26.9. The number of hydrogen-bond donors (Lipinski definition) is 2. The predicted molar refractivity (Wildman–Crippen MR) is 121 cm³/mol. The maximum atomic E-state index is 12.3. The number of nitrogens with two attached hydrogens (primary N) is 2. The molecule has 2 heterocycles. The quantitative estimate of drug-likeness (QED) is 0.448. The van der Waals surface area contributed by atoms with Crippen molar-refractivity contribution < 1.29 is 26.3 Å². The predicted octanol–water partition coefficient (Wildman–Crippen LogP) is 1.95. The third-order valence-corrected chi connectivity index (χ3v) is 7.80. The molecule has 0 saturated carbocycles. The average Bonchev–Trinajstić information content (AvgIpc) is 2.70. The van der Waals surface area contributed by atoms with Crippen molar-refractivity contribution >= 4 is 43.2 Å². The van der Waals surface area contributed by atoms with Gasteiger partial charge in [-0.25, -0.2) is 27.1 Å². The molecule has 0 saturated heterocycles. The van der Waals surface area contributed by atoms with Crippen molar-refractivity contribution in [1.29, 1.82) is 0 Å². The van der Waals surface area contributed by atoms with Gasteiger partial charge >= 0.3 is 0 Å². The van der Waals surface area contributed by atoms with E-state index in [1.54, 1.807) is 6.07 Å². The van der Waals surface area contributed by atoms with E-state index in [4.69, 9.17) is 43.0 Å². The number of nitrogens with zero attached hydrogens (tertiary/aromatic N) is 2. The maximum absolute atomic E-state index is 12.3. The van der Waals surface area contributed by atoms with Crippen LogP contribution in [0.4, 0.5) is 0 Å². The lowest BCUT2D eigenvalue weighted by Crippen LogP contribution is -2.37. The van der Waals surface area contributed by atoms with Gasteiger partial charge in [-0.2, -0.15) is 0 Å². The standard InChI is InChI=1S/C18H24Cl2N4O6S2/c1-11(31(21,25)26)17(14-5-3-12(19)9-23-14)30-8-7-16(32(22,27)28)18(29-2)15-6-4-13(20)10-24-15/h3-6,9-11,16-18H,7-8H2,1-2H3,(H2,21,25,26)(H2,22,27,28)/t11-,16+,17-,18-/m0/s1. The molecule has 178 valence electrons. The highest BCUT2D eigenvalue weighted by molar-refractivity contribution is 7.90. The van der Waals surface area contributed by atoms with Gasteiger partial charge in [0, 0.05) is 26.1 Å². The summed E-state index contributed by atoms with van der Waals surface area (Å²) >= 11 is 11.7. The summed E-state index contributed by atoms with van der Waals surface area (Å²) in [6.45, 7) is 1.17. The fourth-order valence-electron chi connectivity index (χ4n) is 3.01. The van der Waals surface area contributed by atoms with Gasteiger partial charge < -0.3 is 9.47 Å². The minimum absolute atomic E-state index is 0.122. The smallest absolute Gasteiger partial charge is 0.215 e. The molecule has 0 aromatic carbocycles. The fourth-order valence-corrected chi connectivity index (χ4v) is 4.81. The Kier molecular flexibility index (Phi) is 9.37. The Morgan fingerprint density at radius 3 is 1.78 bits per heavy atom. The number of primary sulfonamides is 2. The number of sulfonamides is 2. The molecule has 4 N–H and O–H groups in total. The van der Waals surface area contributed by atoms with Gasteiger partial charge in [0.15, 0.2) is 0 Å². The van der Waals surface area contributed by atoms with Gasteiger partial charge in [-0.1, -0.05) is 23.2 Å². The third kappa shape index (κ3) is 7.32. The van der Waals surface area contributed by atoms with Gasteiger partial charge in [0.2, 0.25) is 20.0 Å². The molecule has 10 nitrogen and oxygen atoms in total. The number of ether oxygens (including phenoxy) is 2. The van der Waals surface area contributed by atoms with Gasteiger partial charge in [-0.15, -0.1) is 0 Å². The van der Waals surface area contributed by atoms with Crippen LogP contribution in [0.25, 0.3) is 0 Å². The van der Waals surface area contributed by atoms with E-state index < -0.39 is 42.8 Å². The molecule has 0 aliphatic heterocycles. The van der Waals surface area contributed by atoms with Gasteiger partial charge in [-0.05, 0) is 37.6 Å². The molecule has 0 fully saturated rings. The summed E-state index contributed by atoms with van der Waals surface area (Å²) in [6, 6.07) is 6.10. The average molecular weight is 527 g/mol. The van der Waals surface area contributed by atoms with Gasteiger partial charge in [0.05, 0.1) is 21.4 Å². The molecule has 0 radical (unpaired) electrons. The monoisotopic (exact) mass is 526 g/mol. The molecule has 32 heavy (non-hydrogen) atoms. The summed E-state index contributed by atoms with van der Waals surface area (Å²) in [5.74, 6) is 0. The largest absolute Gasteiger partial charge is 0.374 e. The lowest BCUT2D eigenvalue weighted by molar-refractivity contribution is 0.0335. The molecule has 0 unspecified atom stereocenters. The van der Waals surface area contributed by atoms with E-state index >= 15 is 0 Å². The lowest BCUT2D eigenvalue weighted by atomic mass is 10.1. The first-order valence-corrected chi connectivity index (χ1v) is 13.2. The van der Waals surface area contributed by atoms with Crippen LogP contribution in [0.3, 0.4) is 0 Å². The molecule has 0 aliphatic rings. The van der Waals surface area contributed by atoms with Crippen LogP contribution in [0, 0.1) is 0 Å². The first-order chi connectivity index (χ1) is 14.8. The number of pyridine rings is 2. The van der Waals surface area contributed by atoms with E-state index in [0.29, 0.717) is 15.7 Å². The summed E-state index contributed by atoms with van der Waals surface area (Å²) < 4.78 is 59.5. The third-order valence-electron chi connectivity index (χ3n) is 4.74. The van der Waals surface area contributed by atoms with E-state index in [1.165, 1.54) is 44.6 Å². The van der Waals surface area contributed by atoms with E-state index in [9.17, 15) is 16.8 Å². The zero-order chi connectivity index (χ0) is 24.1. The Morgan fingerprint density at radius 2 is 1.41 bits per heavy atom. The SMILES string of the molecule is CO[C@@H](c1ccc(Cl)cn1)[C@@H](CCO[C@H](c1ccc(Cl)cn1)[C@H](C)S(N)(=O)=O)S(N)(=O)=O. The van der Waals surface area contributed by atoms with Crippen LogP contribution in [0.1, 0.15) is 36.9 Å². The second kappa shape index (κ2) is 11.2. The van der Waals surface area contributed by atoms with Crippen LogP contribution < -0.4 is 10.3 Å². The molecule has 0 bridgehead atoms. The highest BCUT2D eigenvalue weighted by Crippen LogP contribution is 2.29. The van der Waals surface area contributed by atoms with Gasteiger partial charge in [-0.3, -0.25) is 9.97 Å². The molecular formula is C18H24Cl2N4O6S2. The van der Waals surface area contributed by atoms with Crippen molar-refractivity contribution in [3.05, 3.63) is 58.1 Å². The zero-order valence-corrected chi connectivity index (χ0v) is 20.4. The Morgan fingerprint density at radius 1 is 0.906 bits per heavy atom. The zero-order valence-electron chi connectivity index (χ0n) is 17.3. The lowest BCUT2D eigenvalue weighted by Gasteiger charge is -2.26. The Bertz CT molecular complexity index is 1100. The van der Waals surface area contributed by atoms with Crippen LogP contribution in [-0.2, 0) is 29.5 Å². The summed E-state index contributed by atoms with van der Waals surface area (Å²) in [5, 5.41) is 9.05. The number of rotatable bonds is 11. The van der Waals surface area contributed by atoms with Crippen LogP contribution in [-0.4, -0.2) is 51.0 Å². The highest BCUT2D eigenvalue weighted by Gasteiger charge is 2.35. The summed E-state index contributed by atoms with van der Waals surface area (Å²) in [5.41, 5.74) is 0.579. The second-order valence-electron chi connectivity index (χ2n) is 6.96. The summed E-state index contributed by atoms with van der Waals surface area (Å²) in [7, 11) is -6.78. The van der Waals surface area contributed by atoms with Gasteiger partial charge in [0.1, 0.15) is 22.7 Å². The fraction of sp³-hybridized carbons (Fsp3) is 0.444. The maximum Gasteiger partial charge on any atom is 0.215 e. The molecule has 0 aliphatic carbocycles. The van der Waals surface area contributed by atoms with Crippen molar-refractivity contribution in [3.8, 4) is 0 Å². The molecular weight excluding hydrogens is 503 g/mol. The number of methoxy groups -OCH3 is 1. The van der Waals surface area contributed by atoms with Crippen LogP contribution in [0.2, 0.25) is 10.0 Å². The van der Waals surface area contributed by atoms with Crippen LogP contribution >= 0.6 is 23.2 Å². The van der Waals surface area contributed by atoms with Gasteiger partial charge in [0.25, 0.3) is 0 Å². The normalized spacial score (nSPS) is 16.3. The molecule has 2 rings (SSSR count). The molecule has 2 aromatic heterocycles. The highest BCUT2D eigenvalue weighted by atomic mass is 35.5. The van der Waals surface area contributed by atoms with E-state index in [0.717, 1.165) is 0 Å². The van der Waals surface area contributed by atoms with E-state index in [1.807, 2.05) is 0 Å². The van der Waals surface area contributed by atoms with Crippen molar-refractivity contribution in [2.75, 3.05) is 13.7 Å². The number of halogens is 2. The first-order valence-electron chi connectivity index (χ1n) is 9.25. The van der Waals surface area contributed by atoms with Crippen molar-refractivity contribution in [3.63, 3.8) is 0 Å². The number of aromatic nitrogens is 2. The molecule has 4 atom stereocenters. The molecule has 0 spiro atoms. The van der Waals surface area contributed by atoms with E-state index in [-0.39, 0.29) is 18.7 Å². The van der Waals surface area contributed by atoms with Crippen molar-refractivity contribution in [1.82, 2.24) is 9.97 Å². The van der Waals surface area contributed by atoms with Crippen LogP contribution in [0.15, 0.2) is 36.7 Å². The molecule has 2 aromatic rings. The minimum Gasteiger partial charge on any atom is -0.374 e. The summed E-state index contributed by atoms with van der Waals surface area (Å²) in [4.78, 5) is 8.21.